The number of carbonyl (C=O) groups excluding carboxylic acids is 2. The third-order valence-electron chi connectivity index (χ3n) is 7.16. The van der Waals surface area contributed by atoms with E-state index in [-0.39, 0.29) is 11.3 Å². The first-order chi connectivity index (χ1) is 19.3. The molecule has 4 rings (SSSR count). The van der Waals surface area contributed by atoms with Gasteiger partial charge in [-0.2, -0.15) is 0 Å². The summed E-state index contributed by atoms with van der Waals surface area (Å²) in [4.78, 5) is 28.5. The summed E-state index contributed by atoms with van der Waals surface area (Å²) >= 11 is 0. The number of rotatable bonds is 11. The summed E-state index contributed by atoms with van der Waals surface area (Å²) in [6, 6.07) is 16.9. The number of hydrogen-bond acceptors (Lipinski definition) is 6. The van der Waals surface area contributed by atoms with Crippen LogP contribution in [0.4, 0.5) is 5.69 Å². The molecule has 1 atom stereocenters. The lowest BCUT2D eigenvalue weighted by molar-refractivity contribution is -0.132. The molecule has 1 unspecified atom stereocenters. The second kappa shape index (κ2) is 12.7. The summed E-state index contributed by atoms with van der Waals surface area (Å²) in [6.45, 7) is 8.96. The van der Waals surface area contributed by atoms with Gasteiger partial charge in [0.1, 0.15) is 11.5 Å². The van der Waals surface area contributed by atoms with Crippen molar-refractivity contribution in [2.45, 2.75) is 53.0 Å². The van der Waals surface area contributed by atoms with Gasteiger partial charge in [-0.1, -0.05) is 31.9 Å². The van der Waals surface area contributed by atoms with Gasteiger partial charge < -0.3 is 19.3 Å². The first kappa shape index (κ1) is 28.7. The number of unbranched alkanes of at least 4 members (excludes halogenated alkanes) is 2. The number of ether oxygens (including phenoxy) is 3. The molecule has 0 radical (unpaired) electrons. The number of nitrogens with zero attached hydrogens (tertiary/aromatic N) is 1. The molecule has 7 nitrogen and oxygen atoms in total. The first-order valence-corrected chi connectivity index (χ1v) is 13.7. The maximum atomic E-state index is 13.6. The first-order valence-electron chi connectivity index (χ1n) is 13.7. The number of hydrogen-bond donors (Lipinski definition) is 1. The molecule has 0 spiro atoms. The van der Waals surface area contributed by atoms with Crippen LogP contribution in [0.1, 0.15) is 61.4 Å². The van der Waals surface area contributed by atoms with E-state index < -0.39 is 17.7 Å². The van der Waals surface area contributed by atoms with E-state index in [1.807, 2.05) is 39.0 Å². The van der Waals surface area contributed by atoms with Crippen molar-refractivity contribution in [1.29, 1.82) is 0 Å². The van der Waals surface area contributed by atoms with Crippen molar-refractivity contribution in [3.63, 3.8) is 0 Å². The van der Waals surface area contributed by atoms with Crippen molar-refractivity contribution >= 4 is 23.1 Å². The minimum atomic E-state index is -0.878. The highest BCUT2D eigenvalue weighted by molar-refractivity contribution is 6.51. The second-order valence-corrected chi connectivity index (χ2v) is 9.86. The van der Waals surface area contributed by atoms with E-state index in [1.54, 1.807) is 49.6 Å². The predicted octanol–water partition coefficient (Wildman–Crippen LogP) is 6.91. The van der Waals surface area contributed by atoms with Crippen molar-refractivity contribution in [2.75, 3.05) is 25.2 Å². The number of aliphatic hydroxyl groups excluding tert-OH is 1. The third-order valence-corrected chi connectivity index (χ3v) is 7.16. The smallest absolute Gasteiger partial charge is 0.300 e. The van der Waals surface area contributed by atoms with Gasteiger partial charge in [0.25, 0.3) is 11.7 Å². The lowest BCUT2D eigenvalue weighted by atomic mass is 9.94. The van der Waals surface area contributed by atoms with Gasteiger partial charge in [-0.3, -0.25) is 14.5 Å². The van der Waals surface area contributed by atoms with Crippen LogP contribution < -0.4 is 19.1 Å². The van der Waals surface area contributed by atoms with E-state index in [9.17, 15) is 14.7 Å². The number of aliphatic hydroxyl groups is 1. The van der Waals surface area contributed by atoms with Gasteiger partial charge >= 0.3 is 0 Å². The summed E-state index contributed by atoms with van der Waals surface area (Å²) in [5.41, 5.74) is 3.65. The van der Waals surface area contributed by atoms with Gasteiger partial charge in [-0.05, 0) is 92.4 Å². The van der Waals surface area contributed by atoms with Crippen LogP contribution in [0.25, 0.3) is 5.76 Å². The normalized spacial score (nSPS) is 16.3. The van der Waals surface area contributed by atoms with Crippen LogP contribution in [-0.2, 0) is 9.59 Å². The molecule has 3 aromatic rings. The Bertz CT molecular complexity index is 1410. The minimum absolute atomic E-state index is 0.00691. The minimum Gasteiger partial charge on any atom is -0.507 e. The van der Waals surface area contributed by atoms with Gasteiger partial charge in [0.15, 0.2) is 11.5 Å². The van der Waals surface area contributed by atoms with Crippen molar-refractivity contribution < 1.29 is 28.9 Å². The fourth-order valence-corrected chi connectivity index (χ4v) is 4.83. The fraction of sp³-hybridized carbons (Fsp3) is 0.333. The molecular formula is C33H37NO6. The maximum absolute atomic E-state index is 13.6. The van der Waals surface area contributed by atoms with Crippen molar-refractivity contribution in [1.82, 2.24) is 0 Å². The number of benzene rings is 3. The van der Waals surface area contributed by atoms with Gasteiger partial charge in [-0.15, -0.1) is 0 Å². The number of amides is 1. The van der Waals surface area contributed by atoms with Crippen LogP contribution in [-0.4, -0.2) is 37.1 Å². The number of Topliss-reactive ketones (excluding diaryl/α,β-unsaturated/α-hetero) is 1. The number of methoxy groups -OCH3 is 1. The van der Waals surface area contributed by atoms with E-state index in [2.05, 4.69) is 6.92 Å². The predicted molar refractivity (Wildman–Crippen MR) is 156 cm³/mol. The molecule has 1 amide bonds. The zero-order chi connectivity index (χ0) is 28.8. The second-order valence-electron chi connectivity index (χ2n) is 9.86. The molecule has 1 saturated heterocycles. The molecule has 0 aliphatic carbocycles. The van der Waals surface area contributed by atoms with E-state index in [0.717, 1.165) is 30.4 Å². The third kappa shape index (κ3) is 5.83. The summed E-state index contributed by atoms with van der Waals surface area (Å²) in [7, 11) is 1.55. The van der Waals surface area contributed by atoms with Crippen molar-refractivity contribution in [3.05, 3.63) is 88.5 Å². The molecule has 1 aliphatic rings. The molecule has 1 heterocycles. The Hall–Kier alpha value is -4.26. The zero-order valence-corrected chi connectivity index (χ0v) is 23.8. The standard InChI is InChI=1S/C33H37NO6/c1-6-8-9-18-40-26-15-11-23(12-16-26)31(35)29-30(24-13-17-27(38-5)28(20-24)39-7-2)34(33(37)32(29)36)25-14-10-21(3)22(4)19-25/h10-17,19-20,30,35H,6-9,18H2,1-5H3/b31-29+. The number of aryl methyl sites for hydroxylation is 2. The Labute approximate surface area is 236 Å². The Morgan fingerprint density at radius 2 is 1.62 bits per heavy atom. The molecule has 1 aliphatic heterocycles. The van der Waals surface area contributed by atoms with Crippen LogP contribution in [0, 0.1) is 13.8 Å². The lowest BCUT2D eigenvalue weighted by Crippen LogP contribution is -2.29. The Kier molecular flexibility index (Phi) is 9.15. The molecule has 40 heavy (non-hydrogen) atoms. The average molecular weight is 544 g/mol. The fourth-order valence-electron chi connectivity index (χ4n) is 4.83. The summed E-state index contributed by atoms with van der Waals surface area (Å²) < 4.78 is 17.0. The van der Waals surface area contributed by atoms with E-state index in [4.69, 9.17) is 14.2 Å². The highest BCUT2D eigenvalue weighted by Gasteiger charge is 2.47. The van der Waals surface area contributed by atoms with Gasteiger partial charge in [0.2, 0.25) is 0 Å². The molecule has 1 N–H and O–H groups in total. The Balaban J connectivity index is 1.82. The highest BCUT2D eigenvalue weighted by atomic mass is 16.5. The molecule has 1 fully saturated rings. The average Bonchev–Trinajstić information content (AvgIpc) is 3.22. The molecule has 0 saturated carbocycles. The van der Waals surface area contributed by atoms with Crippen LogP contribution in [0.2, 0.25) is 0 Å². The van der Waals surface area contributed by atoms with Crippen molar-refractivity contribution in [3.8, 4) is 17.2 Å². The molecule has 210 valence electrons. The quantitative estimate of drug-likeness (QED) is 0.122. The largest absolute Gasteiger partial charge is 0.507 e. The Morgan fingerprint density at radius 3 is 2.27 bits per heavy atom. The molecule has 0 aromatic heterocycles. The van der Waals surface area contributed by atoms with Gasteiger partial charge in [0, 0.05) is 11.3 Å². The lowest BCUT2D eigenvalue weighted by Gasteiger charge is -2.26. The molecule has 3 aromatic carbocycles. The SMILES string of the molecule is CCCCCOc1ccc(/C(O)=C2\C(=O)C(=O)N(c3ccc(C)c(C)c3)C2c2ccc(OC)c(OCC)c2)cc1. The number of ketones is 1. The van der Waals surface area contributed by atoms with Crippen LogP contribution in [0.5, 0.6) is 17.2 Å². The molecule has 0 bridgehead atoms. The van der Waals surface area contributed by atoms with Gasteiger partial charge in [-0.25, -0.2) is 0 Å². The topological polar surface area (TPSA) is 85.3 Å². The molecular weight excluding hydrogens is 506 g/mol. The van der Waals surface area contributed by atoms with E-state index in [0.29, 0.717) is 47.3 Å². The van der Waals surface area contributed by atoms with E-state index >= 15 is 0 Å². The molecule has 7 heteroatoms. The summed E-state index contributed by atoms with van der Waals surface area (Å²) in [5, 5.41) is 11.5. The van der Waals surface area contributed by atoms with Crippen LogP contribution >= 0.6 is 0 Å². The van der Waals surface area contributed by atoms with Crippen LogP contribution in [0.3, 0.4) is 0 Å². The summed E-state index contributed by atoms with van der Waals surface area (Å²) in [6.07, 6.45) is 3.17. The van der Waals surface area contributed by atoms with Crippen LogP contribution in [0.15, 0.2) is 66.2 Å². The monoisotopic (exact) mass is 543 g/mol. The number of carbonyl (C=O) groups is 2. The highest BCUT2D eigenvalue weighted by Crippen LogP contribution is 2.44. The number of anilines is 1. The summed E-state index contributed by atoms with van der Waals surface area (Å²) in [5.74, 6) is -0.0212. The van der Waals surface area contributed by atoms with E-state index in [1.165, 1.54) is 4.90 Å². The zero-order valence-electron chi connectivity index (χ0n) is 23.8. The van der Waals surface area contributed by atoms with Crippen molar-refractivity contribution in [2.24, 2.45) is 0 Å². The Morgan fingerprint density at radius 1 is 0.875 bits per heavy atom. The maximum Gasteiger partial charge on any atom is 0.300 e. The van der Waals surface area contributed by atoms with Gasteiger partial charge in [0.05, 0.1) is 31.9 Å².